The molecule has 0 aromatic carbocycles. The van der Waals surface area contributed by atoms with Crippen LogP contribution in [0.1, 0.15) is 66.2 Å². The van der Waals surface area contributed by atoms with Gasteiger partial charge in [-0.25, -0.2) is 8.78 Å². The van der Waals surface area contributed by atoms with E-state index in [1.54, 1.807) is 0 Å². The van der Waals surface area contributed by atoms with Crippen molar-refractivity contribution in [1.82, 2.24) is 4.90 Å². The van der Waals surface area contributed by atoms with Crippen molar-refractivity contribution < 1.29 is 23.1 Å². The van der Waals surface area contributed by atoms with E-state index in [1.807, 2.05) is 4.90 Å². The molecule has 1 aliphatic carbocycles. The number of alkyl halides is 2. The van der Waals surface area contributed by atoms with Crippen molar-refractivity contribution in [2.24, 2.45) is 0 Å². The maximum Gasteiger partial charge on any atom is 0.324 e. The Bertz CT molecular complexity index is 485. The number of piperidine rings is 1. The number of carboxylic acids is 1. The molecule has 0 spiro atoms. The zero-order valence-corrected chi connectivity index (χ0v) is 17.7. The quantitative estimate of drug-likeness (QED) is 0.628. The lowest BCUT2D eigenvalue weighted by Gasteiger charge is -2.51. The molecule has 0 amide bonds. The van der Waals surface area contributed by atoms with Gasteiger partial charge in [0.25, 0.3) is 0 Å². The van der Waals surface area contributed by atoms with Gasteiger partial charge in [0.05, 0.1) is 5.60 Å². The number of hydrogen-bond donors (Lipinski definition) is 1. The lowest BCUT2D eigenvalue weighted by Crippen LogP contribution is -2.62. The number of aliphatic carboxylic acids is 1. The minimum atomic E-state index is -2.72. The molecule has 2 aliphatic rings. The molecule has 26 heavy (non-hydrogen) atoms. The van der Waals surface area contributed by atoms with Gasteiger partial charge in [0.2, 0.25) is 5.92 Å². The average Bonchev–Trinajstić information content (AvgIpc) is 2.61. The summed E-state index contributed by atoms with van der Waals surface area (Å²) < 4.78 is 33.9. The summed E-state index contributed by atoms with van der Waals surface area (Å²) in [6, 6.07) is 3.27. The van der Waals surface area contributed by atoms with Crippen LogP contribution in [-0.2, 0) is 9.22 Å². The molecule has 1 saturated carbocycles. The predicted octanol–water partition coefficient (Wildman–Crippen LogP) is 4.90. The Balaban J connectivity index is 2.07. The van der Waals surface area contributed by atoms with Gasteiger partial charge in [0.15, 0.2) is 8.32 Å². The summed E-state index contributed by atoms with van der Waals surface area (Å²) in [6.07, 6.45) is 0.942. The van der Waals surface area contributed by atoms with Crippen molar-refractivity contribution in [3.8, 4) is 0 Å². The normalized spacial score (nSPS) is 25.8. The van der Waals surface area contributed by atoms with Crippen LogP contribution in [0.3, 0.4) is 0 Å². The Hall–Kier alpha value is -0.533. The minimum absolute atomic E-state index is 0.0322. The SMILES string of the molecule is CC[Si](CC)(CC)OC1(C)CCN(C2(C(=O)O)CCC(F)(F)CC2)CC1. The maximum atomic E-state index is 13.6. The van der Waals surface area contributed by atoms with Crippen molar-refractivity contribution in [1.29, 1.82) is 0 Å². The summed E-state index contributed by atoms with van der Waals surface area (Å²) in [4.78, 5) is 14.0. The first kappa shape index (κ1) is 21.8. The Morgan fingerprint density at radius 2 is 1.46 bits per heavy atom. The molecule has 0 aromatic rings. The Kier molecular flexibility index (Phi) is 6.56. The Morgan fingerprint density at radius 1 is 1.00 bits per heavy atom. The van der Waals surface area contributed by atoms with Crippen LogP contribution in [0.4, 0.5) is 8.78 Å². The molecule has 2 rings (SSSR count). The summed E-state index contributed by atoms with van der Waals surface area (Å²) in [7, 11) is -1.73. The van der Waals surface area contributed by atoms with Gasteiger partial charge in [0.1, 0.15) is 5.54 Å². The minimum Gasteiger partial charge on any atom is -0.480 e. The third kappa shape index (κ3) is 4.30. The van der Waals surface area contributed by atoms with Gasteiger partial charge in [0, 0.05) is 25.9 Å². The van der Waals surface area contributed by atoms with Crippen molar-refractivity contribution in [2.75, 3.05) is 13.1 Å². The molecule has 7 heteroatoms. The second-order valence-corrected chi connectivity index (χ2v) is 13.2. The molecule has 1 N–H and O–H groups in total. The fraction of sp³-hybridized carbons (Fsp3) is 0.947. The number of carboxylic acid groups (broad SMARTS) is 1. The van der Waals surface area contributed by atoms with Gasteiger partial charge in [-0.15, -0.1) is 0 Å². The average molecular weight is 392 g/mol. The van der Waals surface area contributed by atoms with Crippen molar-refractivity contribution in [3.63, 3.8) is 0 Å². The van der Waals surface area contributed by atoms with E-state index in [0.29, 0.717) is 13.1 Å². The molecule has 152 valence electrons. The van der Waals surface area contributed by atoms with Crippen LogP contribution >= 0.6 is 0 Å². The van der Waals surface area contributed by atoms with E-state index in [4.69, 9.17) is 4.43 Å². The van der Waals surface area contributed by atoms with Crippen LogP contribution < -0.4 is 0 Å². The second kappa shape index (κ2) is 7.84. The molecular weight excluding hydrogens is 356 g/mol. The van der Waals surface area contributed by atoms with Crippen molar-refractivity contribution in [2.45, 2.75) is 101 Å². The first-order valence-corrected chi connectivity index (χ1v) is 12.7. The van der Waals surface area contributed by atoms with Gasteiger partial charge in [-0.3, -0.25) is 9.69 Å². The first-order valence-electron chi connectivity index (χ1n) is 10.1. The summed E-state index contributed by atoms with van der Waals surface area (Å²) in [5.74, 6) is -3.67. The van der Waals surface area contributed by atoms with Crippen LogP contribution in [-0.4, -0.2) is 54.4 Å². The van der Waals surface area contributed by atoms with Crippen LogP contribution in [0, 0.1) is 0 Å². The van der Waals surface area contributed by atoms with Gasteiger partial charge in [-0.1, -0.05) is 20.8 Å². The number of likely N-dealkylation sites (tertiary alicyclic amines) is 1. The van der Waals surface area contributed by atoms with Crippen molar-refractivity contribution in [3.05, 3.63) is 0 Å². The fourth-order valence-corrected chi connectivity index (χ4v) is 7.88. The van der Waals surface area contributed by atoms with Gasteiger partial charge in [-0.2, -0.15) is 0 Å². The number of hydrogen-bond acceptors (Lipinski definition) is 3. The predicted molar refractivity (Wildman–Crippen MR) is 101 cm³/mol. The van der Waals surface area contributed by atoms with E-state index in [-0.39, 0.29) is 31.3 Å². The summed E-state index contributed by atoms with van der Waals surface area (Å²) in [6.45, 7) is 9.99. The maximum absolute atomic E-state index is 13.6. The third-order valence-corrected chi connectivity index (χ3v) is 11.8. The molecule has 1 heterocycles. The lowest BCUT2D eigenvalue weighted by atomic mass is 9.77. The van der Waals surface area contributed by atoms with E-state index in [9.17, 15) is 18.7 Å². The van der Waals surface area contributed by atoms with Crippen LogP contribution in [0.2, 0.25) is 18.1 Å². The first-order chi connectivity index (χ1) is 12.1. The van der Waals surface area contributed by atoms with Crippen molar-refractivity contribution >= 4 is 14.3 Å². The summed E-state index contributed by atoms with van der Waals surface area (Å²) in [5.41, 5.74) is -1.35. The van der Waals surface area contributed by atoms with Gasteiger partial charge < -0.3 is 9.53 Å². The second-order valence-electron chi connectivity index (χ2n) is 8.48. The highest BCUT2D eigenvalue weighted by Crippen LogP contribution is 2.44. The zero-order chi connectivity index (χ0) is 19.6. The monoisotopic (exact) mass is 391 g/mol. The molecule has 0 aromatic heterocycles. The molecule has 0 atom stereocenters. The van der Waals surface area contributed by atoms with E-state index < -0.39 is 25.7 Å². The number of rotatable bonds is 7. The summed E-state index contributed by atoms with van der Waals surface area (Å²) in [5, 5.41) is 9.83. The Morgan fingerprint density at radius 3 is 1.85 bits per heavy atom. The lowest BCUT2D eigenvalue weighted by molar-refractivity contribution is -0.165. The molecular formula is C19H35F2NO3Si. The number of nitrogens with zero attached hydrogens (tertiary/aromatic N) is 1. The molecule has 0 unspecified atom stereocenters. The third-order valence-electron chi connectivity index (χ3n) is 7.03. The largest absolute Gasteiger partial charge is 0.480 e. The van der Waals surface area contributed by atoms with Crippen LogP contribution in [0.25, 0.3) is 0 Å². The highest BCUT2D eigenvalue weighted by molar-refractivity contribution is 6.73. The topological polar surface area (TPSA) is 49.8 Å². The van der Waals surface area contributed by atoms with E-state index >= 15 is 0 Å². The summed E-state index contributed by atoms with van der Waals surface area (Å²) >= 11 is 0. The smallest absolute Gasteiger partial charge is 0.324 e. The molecule has 1 aliphatic heterocycles. The highest BCUT2D eigenvalue weighted by Gasteiger charge is 2.53. The Labute approximate surface area is 157 Å². The molecule has 4 nitrogen and oxygen atoms in total. The molecule has 2 fully saturated rings. The molecule has 0 radical (unpaired) electrons. The number of halogens is 2. The van der Waals surface area contributed by atoms with E-state index in [1.165, 1.54) is 0 Å². The zero-order valence-electron chi connectivity index (χ0n) is 16.7. The molecule has 1 saturated heterocycles. The fourth-order valence-electron chi connectivity index (χ4n) is 4.69. The standard InChI is InChI=1S/C19H35F2NO3Si/c1-5-26(6-2,7-3)25-17(4)12-14-22(15-13-17)18(16(23)24)8-10-19(20,21)11-9-18/h5-15H2,1-4H3,(H,23,24). The van der Waals surface area contributed by atoms with Gasteiger partial charge >= 0.3 is 5.97 Å². The van der Waals surface area contributed by atoms with E-state index in [0.717, 1.165) is 31.0 Å². The molecule has 0 bridgehead atoms. The number of carbonyl (C=O) groups is 1. The van der Waals surface area contributed by atoms with Crippen LogP contribution in [0.15, 0.2) is 0 Å². The highest BCUT2D eigenvalue weighted by atomic mass is 28.4. The van der Waals surface area contributed by atoms with Gasteiger partial charge in [-0.05, 0) is 50.7 Å². The van der Waals surface area contributed by atoms with Crippen LogP contribution in [0.5, 0.6) is 0 Å². The van der Waals surface area contributed by atoms with E-state index in [2.05, 4.69) is 27.7 Å².